The lowest BCUT2D eigenvalue weighted by Gasteiger charge is -2.22. The molecule has 0 unspecified atom stereocenters. The number of rotatable bonds is 12. The van der Waals surface area contributed by atoms with Gasteiger partial charge in [0.05, 0.1) is 7.11 Å². The standard InChI is InChI=1S/C29H38N2O3/c1-4-6-8-10-16-30-29(33)31(17-11-9-7-5-2)28(32)24-13-12-22-19-26-21-27(34-3)15-14-23(26)18-25(22)20-24/h12-15,18-21H,4-11,16-17H2,1-3H3,(H,30,33). The first-order valence-corrected chi connectivity index (χ1v) is 12.7. The van der Waals surface area contributed by atoms with Gasteiger partial charge < -0.3 is 10.1 Å². The minimum Gasteiger partial charge on any atom is -0.497 e. The van der Waals surface area contributed by atoms with E-state index in [1.807, 2.05) is 36.4 Å². The van der Waals surface area contributed by atoms with Crippen LogP contribution in [-0.4, -0.2) is 37.0 Å². The molecular weight excluding hydrogens is 424 g/mol. The number of benzene rings is 3. The summed E-state index contributed by atoms with van der Waals surface area (Å²) < 4.78 is 5.34. The predicted octanol–water partition coefficient (Wildman–Crippen LogP) is 7.31. The Morgan fingerprint density at radius 2 is 1.41 bits per heavy atom. The number of unbranched alkanes of at least 4 members (excludes halogenated alkanes) is 6. The van der Waals surface area contributed by atoms with Crippen molar-refractivity contribution in [3.05, 3.63) is 54.1 Å². The van der Waals surface area contributed by atoms with Crippen LogP contribution >= 0.6 is 0 Å². The topological polar surface area (TPSA) is 58.6 Å². The summed E-state index contributed by atoms with van der Waals surface area (Å²) in [5.41, 5.74) is 0.539. The number of carbonyl (C=O) groups is 2. The Morgan fingerprint density at radius 1 is 0.765 bits per heavy atom. The van der Waals surface area contributed by atoms with Crippen molar-refractivity contribution in [1.82, 2.24) is 10.2 Å². The van der Waals surface area contributed by atoms with Gasteiger partial charge in [0.15, 0.2) is 0 Å². The van der Waals surface area contributed by atoms with E-state index in [1.165, 1.54) is 4.90 Å². The monoisotopic (exact) mass is 462 g/mol. The van der Waals surface area contributed by atoms with E-state index in [2.05, 4.69) is 31.3 Å². The number of carbonyl (C=O) groups excluding carboxylic acids is 2. The number of nitrogens with zero attached hydrogens (tertiary/aromatic N) is 1. The molecule has 5 nitrogen and oxygen atoms in total. The van der Waals surface area contributed by atoms with E-state index in [-0.39, 0.29) is 11.9 Å². The average Bonchev–Trinajstić information content (AvgIpc) is 2.86. The molecule has 0 heterocycles. The SMILES string of the molecule is CCCCCCNC(=O)N(CCCCCC)C(=O)c1ccc2cc3cc(OC)ccc3cc2c1. The summed E-state index contributed by atoms with van der Waals surface area (Å²) in [5.74, 6) is 0.581. The van der Waals surface area contributed by atoms with Crippen molar-refractivity contribution in [2.24, 2.45) is 0 Å². The molecule has 0 radical (unpaired) electrons. The number of ether oxygens (including phenoxy) is 1. The Balaban J connectivity index is 1.80. The fourth-order valence-electron chi connectivity index (χ4n) is 4.23. The lowest BCUT2D eigenvalue weighted by molar-refractivity contribution is 0.0798. The lowest BCUT2D eigenvalue weighted by atomic mass is 10.0. The van der Waals surface area contributed by atoms with Crippen molar-refractivity contribution in [2.45, 2.75) is 65.2 Å². The Morgan fingerprint density at radius 3 is 2.09 bits per heavy atom. The van der Waals surface area contributed by atoms with Gasteiger partial charge in [0.25, 0.3) is 5.91 Å². The first-order chi connectivity index (χ1) is 16.6. The van der Waals surface area contributed by atoms with E-state index in [9.17, 15) is 9.59 Å². The Hall–Kier alpha value is -3.08. The molecule has 0 bridgehead atoms. The van der Waals surface area contributed by atoms with Crippen molar-refractivity contribution in [1.29, 1.82) is 0 Å². The van der Waals surface area contributed by atoms with Crippen LogP contribution in [0.4, 0.5) is 4.79 Å². The third-order valence-electron chi connectivity index (χ3n) is 6.28. The van der Waals surface area contributed by atoms with Crippen LogP contribution in [0.3, 0.4) is 0 Å². The number of fused-ring (bicyclic) bond motifs is 2. The zero-order valence-corrected chi connectivity index (χ0v) is 20.9. The van der Waals surface area contributed by atoms with Crippen LogP contribution in [0.5, 0.6) is 5.75 Å². The summed E-state index contributed by atoms with van der Waals surface area (Å²) in [6.07, 6.45) is 8.39. The van der Waals surface area contributed by atoms with E-state index < -0.39 is 0 Å². The van der Waals surface area contributed by atoms with E-state index in [0.29, 0.717) is 18.7 Å². The van der Waals surface area contributed by atoms with Crippen molar-refractivity contribution < 1.29 is 14.3 Å². The third kappa shape index (κ3) is 6.72. The molecule has 0 aliphatic rings. The fraction of sp³-hybridized carbons (Fsp3) is 0.448. The molecule has 5 heteroatoms. The zero-order valence-electron chi connectivity index (χ0n) is 20.9. The highest BCUT2D eigenvalue weighted by Crippen LogP contribution is 2.27. The smallest absolute Gasteiger partial charge is 0.324 e. The fourth-order valence-corrected chi connectivity index (χ4v) is 4.23. The molecule has 3 rings (SSSR count). The molecule has 0 aromatic heterocycles. The van der Waals surface area contributed by atoms with Gasteiger partial charge >= 0.3 is 6.03 Å². The van der Waals surface area contributed by atoms with Gasteiger partial charge in [-0.1, -0.05) is 64.5 Å². The molecule has 1 N–H and O–H groups in total. The van der Waals surface area contributed by atoms with Crippen LogP contribution < -0.4 is 10.1 Å². The molecule has 0 aliphatic heterocycles. The maximum Gasteiger partial charge on any atom is 0.324 e. The molecule has 3 aromatic carbocycles. The van der Waals surface area contributed by atoms with Crippen LogP contribution in [-0.2, 0) is 0 Å². The first kappa shape index (κ1) is 25.5. The molecular formula is C29H38N2O3. The molecule has 34 heavy (non-hydrogen) atoms. The normalized spacial score (nSPS) is 11.0. The Bertz CT molecular complexity index is 1110. The van der Waals surface area contributed by atoms with Gasteiger partial charge in [0, 0.05) is 18.7 Å². The third-order valence-corrected chi connectivity index (χ3v) is 6.28. The highest BCUT2D eigenvalue weighted by atomic mass is 16.5. The second-order valence-electron chi connectivity index (χ2n) is 8.94. The van der Waals surface area contributed by atoms with Crippen molar-refractivity contribution >= 4 is 33.5 Å². The lowest BCUT2D eigenvalue weighted by Crippen LogP contribution is -2.44. The summed E-state index contributed by atoms with van der Waals surface area (Å²) in [7, 11) is 1.66. The van der Waals surface area contributed by atoms with Crippen molar-refractivity contribution in [2.75, 3.05) is 20.2 Å². The van der Waals surface area contributed by atoms with Crippen LogP contribution in [0, 0.1) is 0 Å². The predicted molar refractivity (Wildman–Crippen MR) is 141 cm³/mol. The summed E-state index contributed by atoms with van der Waals surface area (Å²) in [6, 6.07) is 15.5. The van der Waals surface area contributed by atoms with Gasteiger partial charge in [0.2, 0.25) is 0 Å². The molecule has 0 spiro atoms. The number of imide groups is 1. The van der Waals surface area contributed by atoms with Gasteiger partial charge in [0.1, 0.15) is 5.75 Å². The van der Waals surface area contributed by atoms with Gasteiger partial charge in [-0.3, -0.25) is 9.69 Å². The molecule has 0 saturated heterocycles. The zero-order chi connectivity index (χ0) is 24.3. The van der Waals surface area contributed by atoms with Crippen molar-refractivity contribution in [3.8, 4) is 5.75 Å². The van der Waals surface area contributed by atoms with E-state index in [0.717, 1.165) is 78.7 Å². The second kappa shape index (κ2) is 13.0. The molecule has 3 amide bonds. The number of hydrogen-bond acceptors (Lipinski definition) is 3. The maximum atomic E-state index is 13.4. The quantitative estimate of drug-likeness (QED) is 0.227. The van der Waals surface area contributed by atoms with E-state index in [4.69, 9.17) is 4.74 Å². The van der Waals surface area contributed by atoms with Crippen LogP contribution in [0.25, 0.3) is 21.5 Å². The van der Waals surface area contributed by atoms with Crippen molar-refractivity contribution in [3.63, 3.8) is 0 Å². The van der Waals surface area contributed by atoms with E-state index >= 15 is 0 Å². The molecule has 0 fully saturated rings. The van der Waals surface area contributed by atoms with Crippen LogP contribution in [0.1, 0.15) is 75.6 Å². The maximum absolute atomic E-state index is 13.4. The first-order valence-electron chi connectivity index (χ1n) is 12.7. The van der Waals surface area contributed by atoms with Crippen LogP contribution in [0.15, 0.2) is 48.5 Å². The highest BCUT2D eigenvalue weighted by molar-refractivity contribution is 6.07. The Kier molecular flexibility index (Phi) is 9.75. The van der Waals surface area contributed by atoms with Gasteiger partial charge in [-0.25, -0.2) is 4.79 Å². The van der Waals surface area contributed by atoms with Gasteiger partial charge in [-0.2, -0.15) is 0 Å². The largest absolute Gasteiger partial charge is 0.497 e. The number of amides is 3. The molecule has 0 aliphatic carbocycles. The van der Waals surface area contributed by atoms with E-state index in [1.54, 1.807) is 7.11 Å². The van der Waals surface area contributed by atoms with Gasteiger partial charge in [-0.05, 0) is 70.8 Å². The molecule has 0 atom stereocenters. The minimum absolute atomic E-state index is 0.237. The summed E-state index contributed by atoms with van der Waals surface area (Å²) in [4.78, 5) is 27.8. The number of methoxy groups -OCH3 is 1. The highest BCUT2D eigenvalue weighted by Gasteiger charge is 2.22. The molecule has 3 aromatic rings. The molecule has 0 saturated carbocycles. The summed E-state index contributed by atoms with van der Waals surface area (Å²) in [5, 5.41) is 7.16. The second-order valence-corrected chi connectivity index (χ2v) is 8.94. The van der Waals surface area contributed by atoms with Gasteiger partial charge in [-0.15, -0.1) is 0 Å². The summed E-state index contributed by atoms with van der Waals surface area (Å²) in [6.45, 7) is 5.36. The number of nitrogens with one attached hydrogen (secondary N) is 1. The summed E-state index contributed by atoms with van der Waals surface area (Å²) >= 11 is 0. The Labute approximate surface area is 203 Å². The van der Waals surface area contributed by atoms with Crippen LogP contribution in [0.2, 0.25) is 0 Å². The number of urea groups is 1. The minimum atomic E-state index is -0.288. The number of hydrogen-bond donors (Lipinski definition) is 1. The average molecular weight is 463 g/mol. The molecule has 182 valence electrons.